The van der Waals surface area contributed by atoms with E-state index in [1.807, 2.05) is 24.3 Å². The third-order valence-corrected chi connectivity index (χ3v) is 4.71. The van der Waals surface area contributed by atoms with Crippen LogP contribution in [-0.4, -0.2) is 5.78 Å². The van der Waals surface area contributed by atoms with Gasteiger partial charge < -0.3 is 5.73 Å². The number of nitrogen functional groups attached to an aromatic ring is 1. The Labute approximate surface area is 133 Å². The molecule has 0 atom stereocenters. The maximum atomic E-state index is 12.7. The highest BCUT2D eigenvalue weighted by Crippen LogP contribution is 2.49. The van der Waals surface area contributed by atoms with E-state index in [2.05, 4.69) is 0 Å². The van der Waals surface area contributed by atoms with Crippen molar-refractivity contribution < 1.29 is 4.79 Å². The quantitative estimate of drug-likeness (QED) is 0.848. The van der Waals surface area contributed by atoms with Crippen molar-refractivity contribution in [3.8, 4) is 0 Å². The first-order chi connectivity index (χ1) is 10.0. The van der Waals surface area contributed by atoms with Gasteiger partial charge in [-0.1, -0.05) is 35.3 Å². The van der Waals surface area contributed by atoms with Gasteiger partial charge in [0.2, 0.25) is 0 Å². The Kier molecular flexibility index (Phi) is 3.68. The number of carbonyl (C=O) groups is 1. The standard InChI is InChI=1S/C17H15Cl2NO/c18-13-3-6-15(19)11(9-13)10-16(21)17(7-8-17)12-1-4-14(20)5-2-12/h1-6,9H,7-8,10,20H2. The molecule has 2 aromatic carbocycles. The third kappa shape index (κ3) is 2.78. The molecule has 4 heteroatoms. The molecule has 21 heavy (non-hydrogen) atoms. The lowest BCUT2D eigenvalue weighted by atomic mass is 9.88. The highest BCUT2D eigenvalue weighted by molar-refractivity contribution is 6.33. The summed E-state index contributed by atoms with van der Waals surface area (Å²) in [7, 11) is 0. The fourth-order valence-electron chi connectivity index (χ4n) is 2.68. The second kappa shape index (κ2) is 5.36. The minimum Gasteiger partial charge on any atom is -0.399 e. The second-order valence-electron chi connectivity index (χ2n) is 5.54. The first-order valence-electron chi connectivity index (χ1n) is 6.84. The number of nitrogens with two attached hydrogens (primary N) is 1. The van der Waals surface area contributed by atoms with Gasteiger partial charge >= 0.3 is 0 Å². The number of Topliss-reactive ketones (excluding diaryl/α,β-unsaturated/α-hetero) is 1. The van der Waals surface area contributed by atoms with Gasteiger partial charge in [0.05, 0.1) is 5.41 Å². The molecule has 1 saturated carbocycles. The molecular weight excluding hydrogens is 305 g/mol. The molecule has 0 amide bonds. The Morgan fingerprint density at radius 1 is 1.10 bits per heavy atom. The van der Waals surface area contributed by atoms with Gasteiger partial charge in [-0.25, -0.2) is 0 Å². The normalized spacial score (nSPS) is 15.7. The van der Waals surface area contributed by atoms with Crippen molar-refractivity contribution in [2.45, 2.75) is 24.7 Å². The van der Waals surface area contributed by atoms with Crippen molar-refractivity contribution >= 4 is 34.7 Å². The third-order valence-electron chi connectivity index (χ3n) is 4.11. The van der Waals surface area contributed by atoms with Gasteiger partial charge in [0, 0.05) is 22.2 Å². The maximum absolute atomic E-state index is 12.7. The summed E-state index contributed by atoms with van der Waals surface area (Å²) in [5.74, 6) is 0.191. The summed E-state index contributed by atoms with van der Waals surface area (Å²) in [5.41, 5.74) is 7.89. The molecule has 0 aliphatic heterocycles. The number of hydrogen-bond donors (Lipinski definition) is 1. The molecule has 2 N–H and O–H groups in total. The fourth-order valence-corrected chi connectivity index (χ4v) is 3.06. The van der Waals surface area contributed by atoms with Gasteiger partial charge in [0.15, 0.2) is 0 Å². The van der Waals surface area contributed by atoms with E-state index in [4.69, 9.17) is 28.9 Å². The van der Waals surface area contributed by atoms with Crippen molar-refractivity contribution in [2.24, 2.45) is 0 Å². The molecule has 0 spiro atoms. The van der Waals surface area contributed by atoms with Gasteiger partial charge in [-0.15, -0.1) is 0 Å². The minimum atomic E-state index is -0.362. The molecule has 1 aliphatic carbocycles. The van der Waals surface area contributed by atoms with Crippen LogP contribution in [0.1, 0.15) is 24.0 Å². The monoisotopic (exact) mass is 319 g/mol. The Hall–Kier alpha value is -1.51. The lowest BCUT2D eigenvalue weighted by molar-refractivity contribution is -0.120. The lowest BCUT2D eigenvalue weighted by Crippen LogP contribution is -2.22. The summed E-state index contributed by atoms with van der Waals surface area (Å²) >= 11 is 12.1. The fraction of sp³-hybridized carbons (Fsp3) is 0.235. The Bertz CT molecular complexity index is 690. The lowest BCUT2D eigenvalue weighted by Gasteiger charge is -2.15. The number of hydrogen-bond acceptors (Lipinski definition) is 2. The van der Waals surface area contributed by atoms with E-state index in [-0.39, 0.29) is 11.2 Å². The minimum absolute atomic E-state index is 0.191. The SMILES string of the molecule is Nc1ccc(C2(C(=O)Cc3cc(Cl)ccc3Cl)CC2)cc1. The Morgan fingerprint density at radius 3 is 2.38 bits per heavy atom. The van der Waals surface area contributed by atoms with Crippen LogP contribution in [0.5, 0.6) is 0 Å². The van der Waals surface area contributed by atoms with Crippen LogP contribution in [0.15, 0.2) is 42.5 Å². The molecule has 0 saturated heterocycles. The van der Waals surface area contributed by atoms with Crippen molar-refractivity contribution in [3.63, 3.8) is 0 Å². The molecule has 2 aromatic rings. The molecule has 0 unspecified atom stereocenters. The molecule has 2 nitrogen and oxygen atoms in total. The average Bonchev–Trinajstić information content (AvgIpc) is 3.25. The van der Waals surface area contributed by atoms with E-state index in [1.165, 1.54) is 0 Å². The van der Waals surface area contributed by atoms with Crippen molar-refractivity contribution in [1.29, 1.82) is 0 Å². The topological polar surface area (TPSA) is 43.1 Å². The van der Waals surface area contributed by atoms with E-state index in [1.54, 1.807) is 18.2 Å². The van der Waals surface area contributed by atoms with E-state index in [0.29, 0.717) is 22.2 Å². The summed E-state index contributed by atoms with van der Waals surface area (Å²) in [6.45, 7) is 0. The van der Waals surface area contributed by atoms with E-state index in [0.717, 1.165) is 24.0 Å². The number of carbonyl (C=O) groups excluding carboxylic acids is 1. The zero-order valence-corrected chi connectivity index (χ0v) is 12.9. The molecular formula is C17H15Cl2NO. The number of anilines is 1. The van der Waals surface area contributed by atoms with Gasteiger partial charge in [-0.2, -0.15) is 0 Å². The molecule has 3 rings (SSSR count). The van der Waals surface area contributed by atoms with Crippen LogP contribution in [0.25, 0.3) is 0 Å². The van der Waals surface area contributed by atoms with Crippen LogP contribution in [0, 0.1) is 0 Å². The molecule has 0 heterocycles. The predicted molar refractivity (Wildman–Crippen MR) is 86.9 cm³/mol. The van der Waals surface area contributed by atoms with Crippen molar-refractivity contribution in [3.05, 3.63) is 63.6 Å². The van der Waals surface area contributed by atoms with Gasteiger partial charge in [0.25, 0.3) is 0 Å². The number of halogens is 2. The number of benzene rings is 2. The second-order valence-corrected chi connectivity index (χ2v) is 6.38. The maximum Gasteiger partial charge on any atom is 0.147 e. The van der Waals surface area contributed by atoms with Crippen LogP contribution >= 0.6 is 23.2 Å². The van der Waals surface area contributed by atoms with Crippen molar-refractivity contribution in [2.75, 3.05) is 5.73 Å². The predicted octanol–water partition coefficient (Wildman–Crippen LogP) is 4.42. The first kappa shape index (κ1) is 14.4. The molecule has 108 valence electrons. The zero-order valence-electron chi connectivity index (χ0n) is 11.4. The highest BCUT2D eigenvalue weighted by atomic mass is 35.5. The number of ketones is 1. The number of rotatable bonds is 4. The smallest absolute Gasteiger partial charge is 0.147 e. The van der Waals surface area contributed by atoms with E-state index in [9.17, 15) is 4.79 Å². The van der Waals surface area contributed by atoms with E-state index >= 15 is 0 Å². The summed E-state index contributed by atoms with van der Waals surface area (Å²) in [6.07, 6.45) is 2.08. The summed E-state index contributed by atoms with van der Waals surface area (Å²) in [5, 5.41) is 1.18. The molecule has 1 fully saturated rings. The van der Waals surface area contributed by atoms with Crippen LogP contribution in [0.3, 0.4) is 0 Å². The summed E-state index contributed by atoms with van der Waals surface area (Å²) < 4.78 is 0. The summed E-state index contributed by atoms with van der Waals surface area (Å²) in [4.78, 5) is 12.7. The molecule has 0 radical (unpaired) electrons. The average molecular weight is 320 g/mol. The van der Waals surface area contributed by atoms with E-state index < -0.39 is 0 Å². The molecule has 0 bridgehead atoms. The Balaban J connectivity index is 1.85. The van der Waals surface area contributed by atoms with Crippen molar-refractivity contribution in [1.82, 2.24) is 0 Å². The zero-order chi connectivity index (χ0) is 15.0. The van der Waals surface area contributed by atoms with Gasteiger partial charge in [-0.3, -0.25) is 4.79 Å². The van der Waals surface area contributed by atoms with Crippen LogP contribution in [0.2, 0.25) is 10.0 Å². The largest absolute Gasteiger partial charge is 0.399 e. The van der Waals surface area contributed by atoms with Gasteiger partial charge in [0.1, 0.15) is 5.78 Å². The summed E-state index contributed by atoms with van der Waals surface area (Å²) in [6, 6.07) is 12.8. The van der Waals surface area contributed by atoms with Crippen LogP contribution < -0.4 is 5.73 Å². The molecule has 1 aliphatic rings. The van der Waals surface area contributed by atoms with Crippen LogP contribution in [0.4, 0.5) is 5.69 Å². The van der Waals surface area contributed by atoms with Gasteiger partial charge in [-0.05, 0) is 54.3 Å². The van der Waals surface area contributed by atoms with Crippen LogP contribution in [-0.2, 0) is 16.6 Å². The molecule has 0 aromatic heterocycles. The Morgan fingerprint density at radius 2 is 1.76 bits per heavy atom. The highest BCUT2D eigenvalue weighted by Gasteiger charge is 2.50. The first-order valence-corrected chi connectivity index (χ1v) is 7.60.